The van der Waals surface area contributed by atoms with Gasteiger partial charge >= 0.3 is 0 Å². The molecule has 0 atom stereocenters. The number of hydrogen-bond acceptors (Lipinski definition) is 1. The number of nitrogens with zero attached hydrogens (tertiary/aromatic N) is 1. The van der Waals surface area contributed by atoms with Crippen LogP contribution in [0.15, 0.2) is 47.4 Å². The van der Waals surface area contributed by atoms with Crippen LogP contribution in [0.3, 0.4) is 0 Å². The summed E-state index contributed by atoms with van der Waals surface area (Å²) in [5, 5.41) is 0. The number of rotatable bonds is 1. The summed E-state index contributed by atoms with van der Waals surface area (Å²) in [5.41, 5.74) is 1.12. The van der Waals surface area contributed by atoms with E-state index in [9.17, 15) is 4.79 Å². The number of para-hydroxylation sites is 1. The molecular formula is C13H13NO. The van der Waals surface area contributed by atoms with Crippen molar-refractivity contribution in [1.82, 2.24) is 4.57 Å². The minimum Gasteiger partial charge on any atom is -0.284 e. The summed E-state index contributed by atoms with van der Waals surface area (Å²) in [5.74, 6) is 0. The van der Waals surface area contributed by atoms with Gasteiger partial charge in [0.2, 0.25) is 0 Å². The highest BCUT2D eigenvalue weighted by atomic mass is 16.1. The average molecular weight is 202 g/mol. The van der Waals surface area contributed by atoms with Gasteiger partial charge in [-0.15, -0.1) is 0 Å². The Bertz CT molecular complexity index is 614. The maximum atomic E-state index is 11.9. The number of benzene rings is 1. The zero-order chi connectivity index (χ0) is 13.3. The second-order valence-electron chi connectivity index (χ2n) is 3.41. The van der Waals surface area contributed by atoms with E-state index in [4.69, 9.17) is 4.11 Å². The van der Waals surface area contributed by atoms with Crippen LogP contribution in [0.25, 0.3) is 5.69 Å². The summed E-state index contributed by atoms with van der Waals surface area (Å²) in [6.07, 6.45) is 1.40. The molecule has 2 rings (SSSR count). The highest BCUT2D eigenvalue weighted by Gasteiger charge is 2.01. The number of aromatic nitrogens is 1. The Balaban J connectivity index is 2.67. The second-order valence-corrected chi connectivity index (χ2v) is 3.41. The van der Waals surface area contributed by atoms with E-state index < -0.39 is 6.85 Å². The normalized spacial score (nSPS) is 14.1. The SMILES string of the molecule is [2H]C([2H])([2H])c1cn(-c2ccccc2)c(=O)cc1C. The highest BCUT2D eigenvalue weighted by Crippen LogP contribution is 2.07. The summed E-state index contributed by atoms with van der Waals surface area (Å²) < 4.78 is 23.7. The van der Waals surface area contributed by atoms with E-state index in [0.29, 0.717) is 11.3 Å². The topological polar surface area (TPSA) is 22.0 Å². The largest absolute Gasteiger partial charge is 0.284 e. The van der Waals surface area contributed by atoms with E-state index in [1.54, 1.807) is 31.2 Å². The zero-order valence-electron chi connectivity index (χ0n) is 11.4. The summed E-state index contributed by atoms with van der Waals surface area (Å²) in [6, 6.07) is 10.3. The molecule has 0 fully saturated rings. The van der Waals surface area contributed by atoms with E-state index in [2.05, 4.69) is 0 Å². The van der Waals surface area contributed by atoms with Crippen LogP contribution in [-0.2, 0) is 0 Å². The van der Waals surface area contributed by atoms with Crippen molar-refractivity contribution in [3.8, 4) is 5.69 Å². The Morgan fingerprint density at radius 2 is 1.93 bits per heavy atom. The summed E-state index contributed by atoms with van der Waals surface area (Å²) in [6.45, 7) is -0.577. The molecule has 0 N–H and O–H groups in total. The minimum atomic E-state index is -2.21. The van der Waals surface area contributed by atoms with E-state index in [-0.39, 0.29) is 11.1 Å². The van der Waals surface area contributed by atoms with E-state index in [0.717, 1.165) is 0 Å². The average Bonchev–Trinajstić information content (AvgIpc) is 2.28. The minimum absolute atomic E-state index is 0.200. The third kappa shape index (κ3) is 1.84. The van der Waals surface area contributed by atoms with Crippen molar-refractivity contribution < 1.29 is 4.11 Å². The molecule has 15 heavy (non-hydrogen) atoms. The first kappa shape index (κ1) is 6.62. The van der Waals surface area contributed by atoms with Crippen LogP contribution in [0.5, 0.6) is 0 Å². The van der Waals surface area contributed by atoms with Crippen molar-refractivity contribution in [3.63, 3.8) is 0 Å². The molecule has 0 aliphatic heterocycles. The van der Waals surface area contributed by atoms with Crippen LogP contribution >= 0.6 is 0 Å². The monoisotopic (exact) mass is 202 g/mol. The molecule has 2 heteroatoms. The molecule has 2 aromatic rings. The smallest absolute Gasteiger partial charge is 0.255 e. The molecule has 0 bridgehead atoms. The Kier molecular flexibility index (Phi) is 1.65. The Morgan fingerprint density at radius 1 is 1.20 bits per heavy atom. The van der Waals surface area contributed by atoms with Gasteiger partial charge in [0.05, 0.1) is 0 Å². The van der Waals surface area contributed by atoms with Gasteiger partial charge in [0, 0.05) is 22.1 Å². The van der Waals surface area contributed by atoms with Gasteiger partial charge in [-0.2, -0.15) is 0 Å². The van der Waals surface area contributed by atoms with Gasteiger partial charge in [-0.1, -0.05) is 18.2 Å². The van der Waals surface area contributed by atoms with Gasteiger partial charge in [-0.3, -0.25) is 9.36 Å². The Labute approximate surface area is 93.0 Å². The third-order valence-corrected chi connectivity index (χ3v) is 2.29. The number of pyridine rings is 1. The van der Waals surface area contributed by atoms with Crippen LogP contribution in [0, 0.1) is 13.8 Å². The van der Waals surface area contributed by atoms with Crippen molar-refractivity contribution >= 4 is 0 Å². The van der Waals surface area contributed by atoms with Gasteiger partial charge < -0.3 is 0 Å². The lowest BCUT2D eigenvalue weighted by Gasteiger charge is -2.07. The molecule has 1 heterocycles. The lowest BCUT2D eigenvalue weighted by molar-refractivity contribution is 0.966. The van der Waals surface area contributed by atoms with Crippen molar-refractivity contribution in [2.24, 2.45) is 0 Å². The van der Waals surface area contributed by atoms with Crippen molar-refractivity contribution in [2.75, 3.05) is 0 Å². The second kappa shape index (κ2) is 3.73. The molecular weight excluding hydrogens is 186 g/mol. The molecule has 0 saturated carbocycles. The highest BCUT2D eigenvalue weighted by molar-refractivity contribution is 5.34. The van der Waals surface area contributed by atoms with E-state index >= 15 is 0 Å². The number of aryl methyl sites for hydroxylation is 2. The van der Waals surface area contributed by atoms with E-state index in [1.807, 2.05) is 6.07 Å². The first-order valence-electron chi connectivity index (χ1n) is 6.19. The molecule has 1 aromatic carbocycles. The van der Waals surface area contributed by atoms with Gasteiger partial charge in [-0.05, 0) is 37.0 Å². The fourth-order valence-electron chi connectivity index (χ4n) is 1.42. The molecule has 0 aliphatic rings. The molecule has 0 saturated heterocycles. The fourth-order valence-corrected chi connectivity index (χ4v) is 1.42. The summed E-state index contributed by atoms with van der Waals surface area (Å²) in [4.78, 5) is 11.9. The van der Waals surface area contributed by atoms with Gasteiger partial charge in [-0.25, -0.2) is 0 Å². The molecule has 0 aliphatic carbocycles. The molecule has 1 aromatic heterocycles. The van der Waals surface area contributed by atoms with Gasteiger partial charge in [0.1, 0.15) is 0 Å². The van der Waals surface area contributed by atoms with Crippen LogP contribution < -0.4 is 5.56 Å². The quantitative estimate of drug-likeness (QED) is 0.696. The van der Waals surface area contributed by atoms with Crippen molar-refractivity contribution in [3.05, 3.63) is 64.1 Å². The maximum absolute atomic E-state index is 11.9. The molecule has 0 radical (unpaired) electrons. The zero-order valence-corrected chi connectivity index (χ0v) is 8.40. The fraction of sp³-hybridized carbons (Fsp3) is 0.154. The van der Waals surface area contributed by atoms with Crippen molar-refractivity contribution in [2.45, 2.75) is 13.8 Å². The lowest BCUT2D eigenvalue weighted by atomic mass is 10.2. The van der Waals surface area contributed by atoms with Crippen LogP contribution in [0.2, 0.25) is 0 Å². The summed E-state index contributed by atoms with van der Waals surface area (Å²) >= 11 is 0. The van der Waals surface area contributed by atoms with E-state index in [1.165, 1.54) is 16.8 Å². The predicted molar refractivity (Wildman–Crippen MR) is 61.5 cm³/mol. The molecule has 0 amide bonds. The third-order valence-electron chi connectivity index (χ3n) is 2.29. The maximum Gasteiger partial charge on any atom is 0.255 e. The molecule has 76 valence electrons. The Morgan fingerprint density at radius 3 is 2.60 bits per heavy atom. The van der Waals surface area contributed by atoms with Gasteiger partial charge in [0.25, 0.3) is 5.56 Å². The first-order valence-corrected chi connectivity index (χ1v) is 4.69. The molecule has 2 nitrogen and oxygen atoms in total. The first-order chi connectivity index (χ1) is 8.39. The van der Waals surface area contributed by atoms with Gasteiger partial charge in [0.15, 0.2) is 0 Å². The predicted octanol–water partition coefficient (Wildman–Crippen LogP) is 2.45. The Hall–Kier alpha value is -1.83. The van der Waals surface area contributed by atoms with Crippen LogP contribution in [0.1, 0.15) is 15.2 Å². The van der Waals surface area contributed by atoms with Crippen molar-refractivity contribution in [1.29, 1.82) is 0 Å². The summed E-state index contributed by atoms with van der Waals surface area (Å²) in [7, 11) is 0. The number of hydrogen-bond donors (Lipinski definition) is 0. The van der Waals surface area contributed by atoms with Crippen LogP contribution in [-0.4, -0.2) is 4.57 Å². The lowest BCUT2D eigenvalue weighted by Crippen LogP contribution is -2.17. The standard InChI is InChI=1S/C13H13NO/c1-10-8-13(15)14(9-11(10)2)12-6-4-3-5-7-12/h3-9H,1-2H3/i2D3. The molecule has 0 unspecified atom stereocenters. The van der Waals surface area contributed by atoms with Crippen LogP contribution in [0.4, 0.5) is 0 Å². The molecule has 0 spiro atoms.